The molecular weight excluding hydrogens is 650 g/mol. The molecule has 1 saturated carbocycles. The second-order valence-electron chi connectivity index (χ2n) is 12.0. The molecule has 0 unspecified atom stereocenters. The third kappa shape index (κ3) is 6.69. The Labute approximate surface area is 284 Å². The van der Waals surface area contributed by atoms with Gasteiger partial charge in [-0.3, -0.25) is 4.79 Å². The molecule has 7 rings (SSSR count). The van der Waals surface area contributed by atoms with E-state index in [9.17, 15) is 14.4 Å². The van der Waals surface area contributed by atoms with Crippen LogP contribution in [0.5, 0.6) is 0 Å². The van der Waals surface area contributed by atoms with Crippen LogP contribution in [0.15, 0.2) is 71.8 Å². The van der Waals surface area contributed by atoms with Crippen molar-refractivity contribution in [3.8, 4) is 11.1 Å². The van der Waals surface area contributed by atoms with Crippen LogP contribution in [0, 0.1) is 11.6 Å². The molecule has 1 atom stereocenters. The number of aliphatic hydroxyl groups excluding tert-OH is 1. The summed E-state index contributed by atoms with van der Waals surface area (Å²) in [7, 11) is 0. The number of esters is 1. The van der Waals surface area contributed by atoms with Crippen molar-refractivity contribution < 1.29 is 33.3 Å². The molecule has 0 amide bonds. The summed E-state index contributed by atoms with van der Waals surface area (Å²) in [5.74, 6) is -3.32. The number of hydrogen-bond donors (Lipinski definition) is 4. The van der Waals surface area contributed by atoms with Gasteiger partial charge in [-0.15, -0.1) is 0 Å². The Bertz CT molecular complexity index is 2170. The first-order valence-corrected chi connectivity index (χ1v) is 15.9. The average molecular weight is 685 g/mol. The number of nitrogens with two attached hydrogens (primary N) is 2. The number of nitrogens with zero attached hydrogens (tertiary/aromatic N) is 4. The molecule has 6 N–H and O–H groups in total. The Morgan fingerprint density at radius 3 is 2.50 bits per heavy atom. The fraction of sp³-hybridized carbons (Fsp3) is 0.250. The molecule has 1 aliphatic heterocycles. The summed E-state index contributed by atoms with van der Waals surface area (Å²) in [6.45, 7) is 2.86. The summed E-state index contributed by atoms with van der Waals surface area (Å²) in [6, 6.07) is 14.5. The number of aliphatic carboxylic acids is 1. The molecule has 3 aromatic carbocycles. The topological polar surface area (TPSA) is 187 Å². The maximum absolute atomic E-state index is 16.2. The van der Waals surface area contributed by atoms with Crippen molar-refractivity contribution in [2.45, 2.75) is 44.9 Å². The van der Waals surface area contributed by atoms with E-state index in [-0.39, 0.29) is 40.6 Å². The van der Waals surface area contributed by atoms with Crippen LogP contribution in [0.1, 0.15) is 59.0 Å². The monoisotopic (exact) mass is 684 g/mol. The van der Waals surface area contributed by atoms with Crippen LogP contribution in [-0.4, -0.2) is 49.8 Å². The van der Waals surface area contributed by atoms with Crippen molar-refractivity contribution in [2.24, 2.45) is 0 Å². The Balaban J connectivity index is 0.000000336. The number of ether oxygens (including phenoxy) is 1. The highest BCUT2D eigenvalue weighted by Gasteiger charge is 2.31. The Kier molecular flexibility index (Phi) is 9.46. The standard InChI is InChI=1S/C28H26F2N6O3.C8H8O3/c1-2-39-27(38)19-13-36(17-4-5-17)24-18(25(19)37)10-20(29)22(23(24)30)15-3-6-21-14(9-15)7-8-35(21)12-16-11-33-28(32)34-26(16)31;9-7(8(10)11)6-4-2-1-3-5-6/h3,6,9-11,13,17H,2,4-5,7-8,12H2,1H3,(H4,31,32,33,34);1-5,7,9H,(H,10,11)/t;7-/m.0/s1. The van der Waals surface area contributed by atoms with E-state index in [1.807, 2.05) is 6.07 Å². The van der Waals surface area contributed by atoms with Gasteiger partial charge in [0.2, 0.25) is 11.4 Å². The summed E-state index contributed by atoms with van der Waals surface area (Å²) in [4.78, 5) is 45.9. The third-order valence-electron chi connectivity index (χ3n) is 8.63. The van der Waals surface area contributed by atoms with Crippen molar-refractivity contribution in [3.05, 3.63) is 111 Å². The van der Waals surface area contributed by atoms with Crippen LogP contribution in [0.3, 0.4) is 0 Å². The lowest BCUT2D eigenvalue weighted by atomic mass is 9.98. The van der Waals surface area contributed by atoms with Gasteiger partial charge in [0.25, 0.3) is 0 Å². The number of halogens is 2. The fourth-order valence-electron chi connectivity index (χ4n) is 6.03. The third-order valence-corrected chi connectivity index (χ3v) is 8.63. The first-order valence-electron chi connectivity index (χ1n) is 15.9. The van der Waals surface area contributed by atoms with Crippen molar-refractivity contribution in [1.29, 1.82) is 0 Å². The molecule has 0 bridgehead atoms. The van der Waals surface area contributed by atoms with Crippen LogP contribution in [0.4, 0.5) is 26.2 Å². The predicted molar refractivity (Wildman–Crippen MR) is 182 cm³/mol. The van der Waals surface area contributed by atoms with Gasteiger partial charge in [-0.1, -0.05) is 36.4 Å². The van der Waals surface area contributed by atoms with Crippen LogP contribution in [-0.2, 0) is 22.5 Å². The molecule has 14 heteroatoms. The number of carboxylic acid groups (broad SMARTS) is 1. The van der Waals surface area contributed by atoms with Crippen LogP contribution in [0.2, 0.25) is 0 Å². The van der Waals surface area contributed by atoms with Gasteiger partial charge >= 0.3 is 11.9 Å². The number of benzene rings is 3. The quantitative estimate of drug-likeness (QED) is 0.165. The van der Waals surface area contributed by atoms with Crippen molar-refractivity contribution in [3.63, 3.8) is 0 Å². The Morgan fingerprint density at radius 1 is 1.10 bits per heavy atom. The van der Waals surface area contributed by atoms with Crippen LogP contribution >= 0.6 is 0 Å². The molecule has 1 aliphatic carbocycles. The van der Waals surface area contributed by atoms with E-state index >= 15 is 8.78 Å². The van der Waals surface area contributed by atoms with Gasteiger partial charge in [0.05, 0.1) is 23.1 Å². The number of aliphatic hydroxyl groups is 1. The van der Waals surface area contributed by atoms with Gasteiger partial charge in [-0.05, 0) is 61.1 Å². The van der Waals surface area contributed by atoms with Gasteiger partial charge in [0, 0.05) is 42.8 Å². The number of carbonyl (C=O) groups excluding carboxylic acids is 1. The number of hydrogen-bond acceptors (Lipinski definition) is 10. The fourth-order valence-corrected chi connectivity index (χ4v) is 6.03. The van der Waals surface area contributed by atoms with E-state index in [0.29, 0.717) is 36.5 Å². The smallest absolute Gasteiger partial charge is 0.343 e. The second-order valence-corrected chi connectivity index (χ2v) is 12.0. The van der Waals surface area contributed by atoms with E-state index in [1.54, 1.807) is 60.2 Å². The lowest BCUT2D eigenvalue weighted by molar-refractivity contribution is -0.146. The molecule has 0 radical (unpaired) electrons. The Hall–Kier alpha value is -5.89. The van der Waals surface area contributed by atoms with E-state index < -0.39 is 35.1 Å². The van der Waals surface area contributed by atoms with Gasteiger partial charge < -0.3 is 35.9 Å². The minimum absolute atomic E-state index is 0.00657. The van der Waals surface area contributed by atoms with Gasteiger partial charge in [-0.2, -0.15) is 4.98 Å². The summed E-state index contributed by atoms with van der Waals surface area (Å²) in [5.41, 5.74) is 13.7. The first-order chi connectivity index (χ1) is 24.0. The molecule has 50 heavy (non-hydrogen) atoms. The Morgan fingerprint density at radius 2 is 1.84 bits per heavy atom. The van der Waals surface area contributed by atoms with Crippen LogP contribution < -0.4 is 21.8 Å². The normalized spacial score (nSPS) is 14.1. The summed E-state index contributed by atoms with van der Waals surface area (Å²) in [5, 5.41) is 17.2. The minimum Gasteiger partial charge on any atom is -0.479 e. The summed E-state index contributed by atoms with van der Waals surface area (Å²) >= 11 is 0. The summed E-state index contributed by atoms with van der Waals surface area (Å²) in [6.07, 6.45) is 3.74. The van der Waals surface area contributed by atoms with Crippen molar-refractivity contribution >= 4 is 40.3 Å². The van der Waals surface area contributed by atoms with Crippen molar-refractivity contribution in [1.82, 2.24) is 14.5 Å². The molecule has 3 heterocycles. The number of pyridine rings is 1. The summed E-state index contributed by atoms with van der Waals surface area (Å²) < 4.78 is 38.3. The minimum atomic E-state index is -1.41. The van der Waals surface area contributed by atoms with Gasteiger partial charge in [0.15, 0.2) is 11.9 Å². The molecule has 0 saturated heterocycles. The molecule has 1 fully saturated rings. The van der Waals surface area contributed by atoms with E-state index in [4.69, 9.17) is 26.4 Å². The number of aromatic nitrogens is 3. The molecule has 5 aromatic rings. The number of carboxylic acids is 1. The zero-order chi connectivity index (χ0) is 35.7. The molecule has 0 spiro atoms. The highest BCUT2D eigenvalue weighted by molar-refractivity contribution is 5.95. The lowest BCUT2D eigenvalue weighted by Crippen LogP contribution is -2.22. The zero-order valence-electron chi connectivity index (χ0n) is 27.0. The maximum atomic E-state index is 16.2. The SMILES string of the molecule is CCOC(=O)c1cn(C2CC2)c2c(F)c(-c3ccc4c(c3)CCN4Cc3cnc(N)nc3N)c(F)cc2c1=O.O=C(O)[C@@H](O)c1ccccc1. The zero-order valence-corrected chi connectivity index (χ0v) is 27.0. The molecule has 2 aliphatic rings. The average Bonchev–Trinajstić information content (AvgIpc) is 3.87. The number of rotatable bonds is 8. The van der Waals surface area contributed by atoms with E-state index in [0.717, 1.165) is 35.7 Å². The van der Waals surface area contributed by atoms with E-state index in [1.165, 1.54) is 6.20 Å². The molecular formula is C36H34F2N6O6. The predicted octanol–water partition coefficient (Wildman–Crippen LogP) is 4.78. The lowest BCUT2D eigenvalue weighted by Gasteiger charge is -2.20. The highest BCUT2D eigenvalue weighted by atomic mass is 19.1. The maximum Gasteiger partial charge on any atom is 0.343 e. The molecule has 2 aromatic heterocycles. The number of fused-ring (bicyclic) bond motifs is 2. The number of anilines is 3. The first kappa shape index (κ1) is 34.0. The molecule has 258 valence electrons. The number of carbonyl (C=O) groups is 2. The highest BCUT2D eigenvalue weighted by Crippen LogP contribution is 2.41. The number of nitrogen functional groups attached to an aromatic ring is 2. The molecule has 12 nitrogen and oxygen atoms in total. The van der Waals surface area contributed by atoms with Gasteiger partial charge in [0.1, 0.15) is 17.2 Å². The van der Waals surface area contributed by atoms with E-state index in [2.05, 4.69) is 14.9 Å². The van der Waals surface area contributed by atoms with Crippen molar-refractivity contribution in [2.75, 3.05) is 29.5 Å². The van der Waals surface area contributed by atoms with Crippen LogP contribution in [0.25, 0.3) is 22.0 Å². The van der Waals surface area contributed by atoms with Gasteiger partial charge in [-0.25, -0.2) is 23.4 Å². The second kappa shape index (κ2) is 13.9. The largest absolute Gasteiger partial charge is 0.479 e.